The fourth-order valence-corrected chi connectivity index (χ4v) is 6.28. The van der Waals surface area contributed by atoms with Crippen molar-refractivity contribution in [1.29, 1.82) is 0 Å². The van der Waals surface area contributed by atoms with Crippen LogP contribution in [0.25, 0.3) is 0 Å². The minimum absolute atomic E-state index is 0.00181. The second kappa shape index (κ2) is 11.6. The zero-order chi connectivity index (χ0) is 27.6. The summed E-state index contributed by atoms with van der Waals surface area (Å²) in [4.78, 5) is 25.7. The van der Waals surface area contributed by atoms with Crippen LogP contribution in [0.15, 0.2) is 70.0 Å². The monoisotopic (exact) mass is 662 g/mol. The average molecular weight is 664 g/mol. The molecule has 15 heteroatoms. The highest BCUT2D eigenvalue weighted by Gasteiger charge is 2.31. The van der Waals surface area contributed by atoms with Gasteiger partial charge in [-0.05, 0) is 57.9 Å². The molecule has 0 aliphatic carbocycles. The third-order valence-corrected chi connectivity index (χ3v) is 8.84. The van der Waals surface area contributed by atoms with Gasteiger partial charge in [-0.1, -0.05) is 29.3 Å². The summed E-state index contributed by atoms with van der Waals surface area (Å²) in [6.07, 6.45) is 6.14. The second-order valence-corrected chi connectivity index (χ2v) is 12.0. The van der Waals surface area contributed by atoms with Crippen molar-refractivity contribution < 1.29 is 27.1 Å². The normalized spacial score (nSPS) is 15.1. The lowest BCUT2D eigenvalue weighted by molar-refractivity contribution is -0.142. The molecule has 0 fully saturated rings. The molecule has 1 amide bonds. The van der Waals surface area contributed by atoms with E-state index in [-0.39, 0.29) is 37.1 Å². The molecular weight excluding hydrogens is 646 g/mol. The van der Waals surface area contributed by atoms with Gasteiger partial charge in [0.15, 0.2) is 0 Å². The van der Waals surface area contributed by atoms with Crippen molar-refractivity contribution in [3.05, 3.63) is 96.9 Å². The highest BCUT2D eigenvalue weighted by molar-refractivity contribution is 9.10. The van der Waals surface area contributed by atoms with E-state index < -0.39 is 33.8 Å². The number of benzene rings is 2. The predicted octanol–water partition coefficient (Wildman–Crippen LogP) is 4.87. The maximum absolute atomic E-state index is 13.6. The Morgan fingerprint density at radius 1 is 1.24 bits per heavy atom. The van der Waals surface area contributed by atoms with E-state index in [0.717, 1.165) is 7.11 Å². The molecule has 3 N–H and O–H groups in total. The maximum atomic E-state index is 13.6. The molecule has 0 saturated carbocycles. The summed E-state index contributed by atoms with van der Waals surface area (Å²) in [7, 11) is -3.05. The molecule has 38 heavy (non-hydrogen) atoms. The summed E-state index contributed by atoms with van der Waals surface area (Å²) >= 11 is 16.6. The van der Waals surface area contributed by atoms with Crippen LogP contribution in [0, 0.1) is 5.82 Å². The lowest BCUT2D eigenvalue weighted by Crippen LogP contribution is -2.43. The summed E-state index contributed by atoms with van der Waals surface area (Å²) in [5.41, 5.74) is 0.564. The Kier molecular flexibility index (Phi) is 8.62. The second-order valence-electron chi connectivity index (χ2n) is 7.86. The number of ether oxygens (including phenoxy) is 1. The average Bonchev–Trinajstić information content (AvgIpc) is 3.36. The minimum atomic E-state index is -4.20. The highest BCUT2D eigenvalue weighted by Crippen LogP contribution is 2.36. The van der Waals surface area contributed by atoms with Gasteiger partial charge in [-0.15, -0.1) is 0 Å². The summed E-state index contributed by atoms with van der Waals surface area (Å²) < 4.78 is 52.1. The standard InChI is InChI=1S/C23H18BrCl2FN4O5S2/c1-36-23(33)19(8-12-4-5-17(27)14(24)7-12)29-22(32)13-9-15(25)16(26)10-18(13)30-38(34,35)21-3-2-6-31-20(21)11-28-37-31/h2-7,9-11,19,28,30H,8H2,1H3,(H,29,32)/t19-/m0/s1. The van der Waals surface area contributed by atoms with E-state index in [1.807, 2.05) is 0 Å². The topological polar surface area (TPSA) is 117 Å². The van der Waals surface area contributed by atoms with E-state index in [1.54, 1.807) is 16.6 Å². The molecule has 0 radical (unpaired) electrons. The van der Waals surface area contributed by atoms with Crippen LogP contribution in [-0.4, -0.2) is 37.8 Å². The number of sulfonamides is 1. The van der Waals surface area contributed by atoms with E-state index >= 15 is 0 Å². The van der Waals surface area contributed by atoms with Crippen LogP contribution in [0.2, 0.25) is 10.0 Å². The third-order valence-electron chi connectivity index (χ3n) is 5.36. The Morgan fingerprint density at radius 2 is 1.97 bits per heavy atom. The van der Waals surface area contributed by atoms with Gasteiger partial charge in [-0.25, -0.2) is 17.6 Å². The molecule has 2 aliphatic rings. The van der Waals surface area contributed by atoms with E-state index in [9.17, 15) is 22.4 Å². The Labute approximate surface area is 240 Å². The number of amides is 1. The molecule has 0 saturated heterocycles. The molecule has 0 unspecified atom stereocenters. The van der Waals surface area contributed by atoms with Crippen molar-refractivity contribution in [3.63, 3.8) is 0 Å². The van der Waals surface area contributed by atoms with Gasteiger partial charge in [0.2, 0.25) is 0 Å². The first-order valence-corrected chi connectivity index (χ1v) is 14.5. The highest BCUT2D eigenvalue weighted by atomic mass is 79.9. The molecule has 9 nitrogen and oxygen atoms in total. The number of carbonyl (C=O) groups excluding carboxylic acids is 2. The van der Waals surface area contributed by atoms with Crippen molar-refractivity contribution in [2.24, 2.45) is 0 Å². The molecule has 0 aromatic heterocycles. The lowest BCUT2D eigenvalue weighted by atomic mass is 10.0. The number of hydrogen-bond donors (Lipinski definition) is 3. The predicted molar refractivity (Wildman–Crippen MR) is 148 cm³/mol. The van der Waals surface area contributed by atoms with Crippen LogP contribution in [0.3, 0.4) is 0 Å². The number of anilines is 1. The lowest BCUT2D eigenvalue weighted by Gasteiger charge is -2.22. The van der Waals surface area contributed by atoms with Crippen LogP contribution in [-0.2, 0) is 26.0 Å². The summed E-state index contributed by atoms with van der Waals surface area (Å²) in [5.74, 6) is -2.08. The number of hydrogen-bond acceptors (Lipinski definition) is 8. The molecule has 2 aromatic carbocycles. The van der Waals surface area contributed by atoms with Crippen LogP contribution < -0.4 is 14.8 Å². The summed E-state index contributed by atoms with van der Waals surface area (Å²) in [6.45, 7) is 0. The largest absolute Gasteiger partial charge is 0.467 e. The van der Waals surface area contributed by atoms with Gasteiger partial charge in [0.05, 0.1) is 50.7 Å². The molecular formula is C23H18BrCl2FN4O5S2. The van der Waals surface area contributed by atoms with E-state index in [2.05, 4.69) is 30.7 Å². The molecule has 2 heterocycles. The van der Waals surface area contributed by atoms with Gasteiger partial charge in [0.25, 0.3) is 15.9 Å². The smallest absolute Gasteiger partial charge is 0.328 e. The van der Waals surface area contributed by atoms with Gasteiger partial charge in [0.1, 0.15) is 16.8 Å². The summed E-state index contributed by atoms with van der Waals surface area (Å²) in [5, 5.41) is 2.52. The quantitative estimate of drug-likeness (QED) is 0.271. The van der Waals surface area contributed by atoms with Crippen LogP contribution >= 0.6 is 51.3 Å². The zero-order valence-electron chi connectivity index (χ0n) is 19.3. The first kappa shape index (κ1) is 28.3. The van der Waals surface area contributed by atoms with E-state index in [1.165, 1.54) is 54.7 Å². The van der Waals surface area contributed by atoms with Crippen molar-refractivity contribution in [1.82, 2.24) is 14.3 Å². The van der Waals surface area contributed by atoms with Crippen molar-refractivity contribution in [2.75, 3.05) is 11.8 Å². The van der Waals surface area contributed by atoms with E-state index in [0.29, 0.717) is 11.3 Å². The number of allylic oxidation sites excluding steroid dienone is 2. The zero-order valence-corrected chi connectivity index (χ0v) is 24.0. The van der Waals surface area contributed by atoms with Crippen LogP contribution in [0.5, 0.6) is 0 Å². The molecule has 0 bridgehead atoms. The number of rotatable bonds is 8. The Bertz CT molecular complexity index is 1520. The maximum Gasteiger partial charge on any atom is 0.328 e. The van der Waals surface area contributed by atoms with Crippen LogP contribution in [0.1, 0.15) is 15.9 Å². The third kappa shape index (κ3) is 6.12. The number of fused-ring (bicyclic) bond motifs is 1. The van der Waals surface area contributed by atoms with Crippen LogP contribution in [0.4, 0.5) is 10.1 Å². The molecule has 2 aliphatic heterocycles. The molecule has 4 rings (SSSR count). The molecule has 2 aromatic rings. The first-order chi connectivity index (χ1) is 18.0. The minimum Gasteiger partial charge on any atom is -0.467 e. The van der Waals surface area contributed by atoms with Gasteiger partial charge < -0.3 is 14.8 Å². The number of methoxy groups -OCH3 is 1. The first-order valence-electron chi connectivity index (χ1n) is 10.7. The van der Waals surface area contributed by atoms with Gasteiger partial charge >= 0.3 is 5.97 Å². The molecule has 0 spiro atoms. The SMILES string of the molecule is COC(=O)[C@H](Cc1ccc(F)c(Br)c1)NC(=O)c1cc(Cl)c(Cl)cc1NS(=O)(=O)C1=CC=CN2SNC=C12. The Balaban J connectivity index is 1.64. The number of halogens is 4. The number of nitrogens with one attached hydrogen (secondary N) is 3. The van der Waals surface area contributed by atoms with Crippen molar-refractivity contribution >= 4 is 78.9 Å². The van der Waals surface area contributed by atoms with E-state index in [4.69, 9.17) is 27.9 Å². The Hall–Kier alpha value is -2.71. The number of esters is 1. The molecule has 1 atom stereocenters. The van der Waals surface area contributed by atoms with Crippen molar-refractivity contribution in [2.45, 2.75) is 12.5 Å². The molecule has 200 valence electrons. The van der Waals surface area contributed by atoms with Gasteiger partial charge in [0, 0.05) is 18.8 Å². The number of carbonyl (C=O) groups is 2. The van der Waals surface area contributed by atoms with Crippen molar-refractivity contribution in [3.8, 4) is 0 Å². The number of nitrogens with zero attached hydrogens (tertiary/aromatic N) is 1. The Morgan fingerprint density at radius 3 is 2.68 bits per heavy atom. The fraction of sp³-hybridized carbons (Fsp3) is 0.130. The van der Waals surface area contributed by atoms with Gasteiger partial charge in [-0.3, -0.25) is 13.8 Å². The fourth-order valence-electron chi connectivity index (χ4n) is 3.56. The van der Waals surface area contributed by atoms with Gasteiger partial charge in [-0.2, -0.15) is 0 Å². The summed E-state index contributed by atoms with van der Waals surface area (Å²) in [6, 6.07) is 5.35.